The molecule has 2 heterocycles. The van der Waals surface area contributed by atoms with Gasteiger partial charge in [-0.25, -0.2) is 4.98 Å². The molecule has 1 atom stereocenters. The third-order valence-corrected chi connectivity index (χ3v) is 3.84. The van der Waals surface area contributed by atoms with Crippen LogP contribution in [-0.4, -0.2) is 21.3 Å². The van der Waals surface area contributed by atoms with E-state index < -0.39 is 6.04 Å². The first-order valence-corrected chi connectivity index (χ1v) is 8.37. The highest BCUT2D eigenvalue weighted by molar-refractivity contribution is 5.94. The number of pyridine rings is 1. The summed E-state index contributed by atoms with van der Waals surface area (Å²) < 4.78 is 7.74. The molecule has 0 aliphatic heterocycles. The predicted molar refractivity (Wildman–Crippen MR) is 105 cm³/mol. The van der Waals surface area contributed by atoms with Crippen LogP contribution in [0.15, 0.2) is 54.9 Å². The fourth-order valence-electron chi connectivity index (χ4n) is 2.55. The normalized spacial score (nSPS) is 11.6. The van der Waals surface area contributed by atoms with E-state index in [1.54, 1.807) is 6.07 Å². The van der Waals surface area contributed by atoms with E-state index >= 15 is 0 Å². The Bertz CT molecular complexity index is 832. The summed E-state index contributed by atoms with van der Waals surface area (Å²) in [5.74, 6) is 0.485. The number of nitrogens with two attached hydrogens (primary N) is 1. The van der Waals surface area contributed by atoms with Crippen molar-refractivity contribution in [1.29, 1.82) is 0 Å². The summed E-state index contributed by atoms with van der Waals surface area (Å²) in [4.78, 5) is 16.5. The summed E-state index contributed by atoms with van der Waals surface area (Å²) in [6.07, 6.45) is 5.42. The zero-order valence-electron chi connectivity index (χ0n) is 14.6. The van der Waals surface area contributed by atoms with Crippen molar-refractivity contribution in [2.75, 3.05) is 5.32 Å². The van der Waals surface area contributed by atoms with Crippen LogP contribution in [0.1, 0.15) is 25.5 Å². The van der Waals surface area contributed by atoms with Gasteiger partial charge in [0.05, 0.1) is 11.7 Å². The van der Waals surface area contributed by atoms with Crippen LogP contribution < -0.4 is 15.8 Å². The number of anilines is 1. The molecule has 0 aliphatic rings. The lowest BCUT2D eigenvalue weighted by molar-refractivity contribution is -0.117. The molecule has 0 saturated carbocycles. The van der Waals surface area contributed by atoms with E-state index in [-0.39, 0.29) is 18.3 Å². The van der Waals surface area contributed by atoms with Gasteiger partial charge in [-0.2, -0.15) is 0 Å². The first kappa shape index (κ1) is 19.8. The molecule has 26 heavy (non-hydrogen) atoms. The molecule has 1 aromatic carbocycles. The number of carbonyl (C=O) groups is 1. The molecular weight excluding hydrogens is 352 g/mol. The van der Waals surface area contributed by atoms with Crippen molar-refractivity contribution in [2.45, 2.75) is 32.4 Å². The Labute approximate surface area is 158 Å². The van der Waals surface area contributed by atoms with Crippen LogP contribution in [-0.2, 0) is 11.4 Å². The van der Waals surface area contributed by atoms with Gasteiger partial charge in [-0.05, 0) is 30.7 Å². The number of ether oxygens (including phenoxy) is 1. The Hall–Kier alpha value is -2.57. The van der Waals surface area contributed by atoms with Gasteiger partial charge >= 0.3 is 0 Å². The van der Waals surface area contributed by atoms with Crippen LogP contribution in [0.25, 0.3) is 5.65 Å². The number of hydrogen-bond acceptors (Lipinski definition) is 4. The minimum atomic E-state index is -0.493. The number of hydrogen-bond donors (Lipinski definition) is 2. The Morgan fingerprint density at radius 3 is 2.92 bits per heavy atom. The quantitative estimate of drug-likeness (QED) is 0.664. The predicted octanol–water partition coefficient (Wildman–Crippen LogP) is 3.40. The highest BCUT2D eigenvalue weighted by Gasteiger charge is 2.12. The molecule has 1 unspecified atom stereocenters. The summed E-state index contributed by atoms with van der Waals surface area (Å²) in [7, 11) is 0. The molecule has 138 valence electrons. The van der Waals surface area contributed by atoms with Crippen molar-refractivity contribution in [3.05, 3.63) is 60.6 Å². The van der Waals surface area contributed by atoms with Gasteiger partial charge in [0.2, 0.25) is 5.91 Å². The fraction of sp³-hybridized carbons (Fsp3) is 0.263. The molecule has 0 bridgehead atoms. The van der Waals surface area contributed by atoms with Gasteiger partial charge in [0, 0.05) is 24.1 Å². The van der Waals surface area contributed by atoms with E-state index in [1.165, 1.54) is 0 Å². The zero-order valence-corrected chi connectivity index (χ0v) is 15.4. The number of aromatic nitrogens is 2. The van der Waals surface area contributed by atoms with Crippen molar-refractivity contribution in [3.8, 4) is 5.75 Å². The van der Waals surface area contributed by atoms with Crippen molar-refractivity contribution in [1.82, 2.24) is 9.38 Å². The van der Waals surface area contributed by atoms with Crippen LogP contribution in [0.4, 0.5) is 5.69 Å². The van der Waals surface area contributed by atoms with E-state index in [2.05, 4.69) is 10.3 Å². The van der Waals surface area contributed by atoms with E-state index in [0.717, 1.165) is 17.8 Å². The fourth-order valence-corrected chi connectivity index (χ4v) is 2.55. The minimum Gasteiger partial charge on any atom is -0.487 e. The van der Waals surface area contributed by atoms with Crippen LogP contribution in [0.5, 0.6) is 5.75 Å². The monoisotopic (exact) mass is 374 g/mol. The Morgan fingerprint density at radius 1 is 1.31 bits per heavy atom. The molecule has 0 aliphatic carbocycles. The van der Waals surface area contributed by atoms with Crippen molar-refractivity contribution in [3.63, 3.8) is 0 Å². The average molecular weight is 375 g/mol. The minimum absolute atomic E-state index is 0. The lowest BCUT2D eigenvalue weighted by Crippen LogP contribution is -2.35. The summed E-state index contributed by atoms with van der Waals surface area (Å²) in [5.41, 5.74) is 8.22. The Morgan fingerprint density at radius 2 is 2.15 bits per heavy atom. The van der Waals surface area contributed by atoms with E-state index in [4.69, 9.17) is 10.5 Å². The van der Waals surface area contributed by atoms with Gasteiger partial charge in [0.15, 0.2) is 0 Å². The molecule has 0 fully saturated rings. The molecule has 2 aromatic heterocycles. The molecular formula is C19H23ClN4O2. The van der Waals surface area contributed by atoms with Gasteiger partial charge in [0.25, 0.3) is 0 Å². The van der Waals surface area contributed by atoms with E-state index in [9.17, 15) is 4.79 Å². The van der Waals surface area contributed by atoms with Gasteiger partial charge in [-0.1, -0.05) is 25.5 Å². The highest BCUT2D eigenvalue weighted by atomic mass is 35.5. The lowest BCUT2D eigenvalue weighted by atomic mass is 10.1. The largest absolute Gasteiger partial charge is 0.487 e. The third-order valence-electron chi connectivity index (χ3n) is 3.84. The molecule has 3 rings (SSSR count). The maximum atomic E-state index is 12.0. The number of fused-ring (bicyclic) bond motifs is 1. The number of nitrogens with zero attached hydrogens (tertiary/aromatic N) is 2. The number of imidazole rings is 1. The lowest BCUT2D eigenvalue weighted by Gasteiger charge is -2.12. The SMILES string of the molecule is CCCC(N)C(=O)Nc1cccc(OCc2cn3ccccc3n2)c1.Cl. The molecule has 0 radical (unpaired) electrons. The molecule has 3 aromatic rings. The number of nitrogens with one attached hydrogen (secondary N) is 1. The molecule has 6 nitrogen and oxygen atoms in total. The number of rotatable bonds is 7. The van der Waals surface area contributed by atoms with E-state index in [1.807, 2.05) is 60.1 Å². The van der Waals surface area contributed by atoms with Crippen LogP contribution in [0.2, 0.25) is 0 Å². The Balaban J connectivity index is 0.00000243. The number of benzene rings is 1. The van der Waals surface area contributed by atoms with Crippen LogP contribution >= 0.6 is 12.4 Å². The van der Waals surface area contributed by atoms with Crippen LogP contribution in [0.3, 0.4) is 0 Å². The topological polar surface area (TPSA) is 81.7 Å². The van der Waals surface area contributed by atoms with Gasteiger partial charge < -0.3 is 20.2 Å². The Kier molecular flexibility index (Phi) is 7.00. The van der Waals surface area contributed by atoms with Gasteiger partial charge in [-0.15, -0.1) is 12.4 Å². The molecule has 0 spiro atoms. The molecule has 1 amide bonds. The smallest absolute Gasteiger partial charge is 0.241 e. The number of halogens is 1. The maximum absolute atomic E-state index is 12.0. The number of amides is 1. The number of carbonyl (C=O) groups excluding carboxylic acids is 1. The van der Waals surface area contributed by atoms with Crippen molar-refractivity contribution in [2.24, 2.45) is 5.73 Å². The molecule has 0 saturated heterocycles. The first-order chi connectivity index (χ1) is 12.2. The van der Waals surface area contributed by atoms with Gasteiger partial charge in [0.1, 0.15) is 18.0 Å². The average Bonchev–Trinajstić information content (AvgIpc) is 3.03. The molecule has 3 N–H and O–H groups in total. The zero-order chi connectivity index (χ0) is 17.6. The summed E-state index contributed by atoms with van der Waals surface area (Å²) >= 11 is 0. The second-order valence-corrected chi connectivity index (χ2v) is 5.90. The van der Waals surface area contributed by atoms with E-state index in [0.29, 0.717) is 24.5 Å². The van der Waals surface area contributed by atoms with Crippen molar-refractivity contribution >= 4 is 29.6 Å². The van der Waals surface area contributed by atoms with Crippen molar-refractivity contribution < 1.29 is 9.53 Å². The standard InChI is InChI=1S/C19H22N4O2.ClH/c1-2-6-17(20)19(24)22-14-7-5-8-16(11-14)25-13-15-12-23-10-4-3-9-18(23)21-15;/h3-5,7-12,17H,2,6,13,20H2,1H3,(H,22,24);1H. The summed E-state index contributed by atoms with van der Waals surface area (Å²) in [6.45, 7) is 2.36. The third kappa shape index (κ3) is 4.97. The highest BCUT2D eigenvalue weighted by Crippen LogP contribution is 2.19. The van der Waals surface area contributed by atoms with Gasteiger partial charge in [-0.3, -0.25) is 4.79 Å². The second kappa shape index (κ2) is 9.22. The maximum Gasteiger partial charge on any atom is 0.241 e. The van der Waals surface area contributed by atoms with Crippen LogP contribution in [0, 0.1) is 0 Å². The summed E-state index contributed by atoms with van der Waals surface area (Å²) in [6, 6.07) is 12.6. The summed E-state index contributed by atoms with van der Waals surface area (Å²) in [5, 5.41) is 2.82. The first-order valence-electron chi connectivity index (χ1n) is 8.37. The second-order valence-electron chi connectivity index (χ2n) is 5.90. The molecule has 7 heteroatoms.